The molecular weight excluding hydrogens is 403 g/mol. The number of ether oxygens (including phenoxy) is 1. The van der Waals surface area contributed by atoms with Gasteiger partial charge in [-0.3, -0.25) is 4.79 Å². The summed E-state index contributed by atoms with van der Waals surface area (Å²) in [7, 11) is 1.24. The van der Waals surface area contributed by atoms with Crippen molar-refractivity contribution in [2.24, 2.45) is 0 Å². The van der Waals surface area contributed by atoms with E-state index in [1.165, 1.54) is 36.7 Å². The average Bonchev–Trinajstić information content (AvgIpc) is 3.08. The van der Waals surface area contributed by atoms with Gasteiger partial charge in [-0.05, 0) is 36.3 Å². The monoisotopic (exact) mass is 420 g/mol. The number of hydrogen-bond donors (Lipinski definition) is 1. The van der Waals surface area contributed by atoms with Gasteiger partial charge in [0.25, 0.3) is 5.91 Å². The Hall–Kier alpha value is -3.76. The maximum Gasteiger partial charge on any atom is 0.341 e. The minimum atomic E-state index is -0.640. The zero-order valence-electron chi connectivity index (χ0n) is 16.2. The summed E-state index contributed by atoms with van der Waals surface area (Å²) in [6, 6.07) is 16.6. The van der Waals surface area contributed by atoms with E-state index in [-0.39, 0.29) is 16.1 Å². The molecule has 1 N–H and O–H groups in total. The van der Waals surface area contributed by atoms with E-state index in [4.69, 9.17) is 4.74 Å². The Morgan fingerprint density at radius 3 is 2.40 bits per heavy atom. The largest absolute Gasteiger partial charge is 0.465 e. The molecule has 1 amide bonds. The van der Waals surface area contributed by atoms with Crippen LogP contribution in [0, 0.1) is 24.1 Å². The lowest BCUT2D eigenvalue weighted by Crippen LogP contribution is -2.15. The lowest BCUT2D eigenvalue weighted by molar-refractivity contribution is -0.112. The van der Waals surface area contributed by atoms with Crippen molar-refractivity contribution in [1.29, 1.82) is 5.26 Å². The Kier molecular flexibility index (Phi) is 6.40. The van der Waals surface area contributed by atoms with Crippen LogP contribution in [0.2, 0.25) is 0 Å². The van der Waals surface area contributed by atoms with E-state index in [0.717, 1.165) is 4.88 Å². The molecule has 0 aliphatic rings. The van der Waals surface area contributed by atoms with Gasteiger partial charge in [0.15, 0.2) is 0 Å². The van der Waals surface area contributed by atoms with Crippen molar-refractivity contribution in [2.75, 3.05) is 12.4 Å². The van der Waals surface area contributed by atoms with Crippen LogP contribution in [0.4, 0.5) is 9.39 Å². The third-order valence-electron chi connectivity index (χ3n) is 4.31. The first-order chi connectivity index (χ1) is 14.4. The maximum atomic E-state index is 13.3. The number of nitriles is 1. The van der Waals surface area contributed by atoms with E-state index in [2.05, 4.69) is 5.32 Å². The smallest absolute Gasteiger partial charge is 0.341 e. The van der Waals surface area contributed by atoms with Crippen molar-refractivity contribution in [3.63, 3.8) is 0 Å². The van der Waals surface area contributed by atoms with E-state index >= 15 is 0 Å². The molecule has 3 rings (SSSR count). The Morgan fingerprint density at radius 1 is 1.13 bits per heavy atom. The molecule has 0 aliphatic heterocycles. The lowest BCUT2D eigenvalue weighted by atomic mass is 10.0. The second kappa shape index (κ2) is 9.16. The van der Waals surface area contributed by atoms with Crippen LogP contribution in [-0.2, 0) is 9.53 Å². The van der Waals surface area contributed by atoms with E-state index in [1.54, 1.807) is 43.3 Å². The fourth-order valence-corrected chi connectivity index (χ4v) is 3.99. The van der Waals surface area contributed by atoms with Gasteiger partial charge in [-0.2, -0.15) is 5.26 Å². The van der Waals surface area contributed by atoms with Crippen molar-refractivity contribution in [3.05, 3.63) is 82.0 Å². The number of amides is 1. The van der Waals surface area contributed by atoms with E-state index in [9.17, 15) is 19.2 Å². The predicted molar refractivity (Wildman–Crippen MR) is 114 cm³/mol. The van der Waals surface area contributed by atoms with Crippen LogP contribution < -0.4 is 5.32 Å². The van der Waals surface area contributed by atoms with Gasteiger partial charge >= 0.3 is 5.97 Å². The summed E-state index contributed by atoms with van der Waals surface area (Å²) in [5, 5.41) is 12.3. The quantitative estimate of drug-likeness (QED) is 0.350. The van der Waals surface area contributed by atoms with Crippen molar-refractivity contribution in [2.45, 2.75) is 6.92 Å². The molecule has 3 aromatic rings. The Bertz CT molecular complexity index is 1160. The molecule has 0 radical (unpaired) electrons. The number of hydrogen-bond acceptors (Lipinski definition) is 5. The number of carbonyl (C=O) groups excluding carboxylic acids is 2. The number of esters is 1. The number of nitrogens with one attached hydrogen (secondary N) is 1. The first-order valence-corrected chi connectivity index (χ1v) is 9.72. The summed E-state index contributed by atoms with van der Waals surface area (Å²) >= 11 is 1.18. The number of halogens is 1. The van der Waals surface area contributed by atoms with Crippen LogP contribution in [0.1, 0.15) is 20.8 Å². The molecule has 7 heteroatoms. The van der Waals surface area contributed by atoms with Crippen molar-refractivity contribution in [1.82, 2.24) is 0 Å². The highest BCUT2D eigenvalue weighted by Crippen LogP contribution is 2.40. The van der Waals surface area contributed by atoms with Crippen LogP contribution in [-0.4, -0.2) is 19.0 Å². The van der Waals surface area contributed by atoms with Crippen molar-refractivity contribution >= 4 is 34.3 Å². The van der Waals surface area contributed by atoms with Crippen LogP contribution in [0.5, 0.6) is 0 Å². The lowest BCUT2D eigenvalue weighted by Gasteiger charge is -2.08. The third-order valence-corrected chi connectivity index (χ3v) is 5.33. The van der Waals surface area contributed by atoms with Crippen LogP contribution in [0.3, 0.4) is 0 Å². The van der Waals surface area contributed by atoms with Crippen molar-refractivity contribution < 1.29 is 18.7 Å². The summed E-state index contributed by atoms with van der Waals surface area (Å²) in [5.74, 6) is -1.68. The Morgan fingerprint density at radius 2 is 1.80 bits per heavy atom. The van der Waals surface area contributed by atoms with Gasteiger partial charge in [0.05, 0.1) is 7.11 Å². The van der Waals surface area contributed by atoms with Gasteiger partial charge < -0.3 is 10.1 Å². The van der Waals surface area contributed by atoms with Gasteiger partial charge in [-0.1, -0.05) is 42.5 Å². The summed E-state index contributed by atoms with van der Waals surface area (Å²) in [6.45, 7) is 1.79. The number of thiophene rings is 1. The molecule has 150 valence electrons. The van der Waals surface area contributed by atoms with Crippen LogP contribution >= 0.6 is 11.3 Å². The van der Waals surface area contributed by atoms with Gasteiger partial charge in [0.1, 0.15) is 28.0 Å². The first-order valence-electron chi connectivity index (χ1n) is 8.90. The van der Waals surface area contributed by atoms with E-state index in [1.807, 2.05) is 12.1 Å². The molecule has 2 aromatic carbocycles. The minimum Gasteiger partial charge on any atom is -0.465 e. The second-order valence-corrected chi connectivity index (χ2v) is 7.50. The molecule has 1 aromatic heterocycles. The summed E-state index contributed by atoms with van der Waals surface area (Å²) in [6.07, 6.45) is 1.47. The molecule has 0 spiro atoms. The molecule has 0 atom stereocenters. The summed E-state index contributed by atoms with van der Waals surface area (Å²) < 4.78 is 18.2. The molecule has 5 nitrogen and oxygen atoms in total. The normalized spacial score (nSPS) is 10.9. The SMILES string of the molecule is COC(=O)c1c(NC(=O)/C(C#N)=C/c2ccccc2)sc(C)c1-c1ccc(F)cc1. The Labute approximate surface area is 177 Å². The number of benzene rings is 2. The zero-order valence-corrected chi connectivity index (χ0v) is 17.0. The summed E-state index contributed by atoms with van der Waals surface area (Å²) in [5.41, 5.74) is 1.93. The molecule has 0 saturated carbocycles. The number of anilines is 1. The van der Waals surface area contributed by atoms with E-state index in [0.29, 0.717) is 16.7 Å². The molecule has 0 saturated heterocycles. The number of nitrogens with zero attached hydrogens (tertiary/aromatic N) is 1. The predicted octanol–water partition coefficient (Wildman–Crippen LogP) is 5.19. The molecule has 0 bridgehead atoms. The van der Waals surface area contributed by atoms with Gasteiger partial charge in [-0.25, -0.2) is 9.18 Å². The maximum absolute atomic E-state index is 13.3. The fourth-order valence-electron chi connectivity index (χ4n) is 2.93. The highest BCUT2D eigenvalue weighted by molar-refractivity contribution is 7.17. The summed E-state index contributed by atoms with van der Waals surface area (Å²) in [4.78, 5) is 26.0. The highest BCUT2D eigenvalue weighted by atomic mass is 32.1. The molecule has 0 aliphatic carbocycles. The minimum absolute atomic E-state index is 0.105. The van der Waals surface area contributed by atoms with Gasteiger partial charge in [0.2, 0.25) is 0 Å². The van der Waals surface area contributed by atoms with Crippen molar-refractivity contribution in [3.8, 4) is 17.2 Å². The Balaban J connectivity index is 2.02. The number of rotatable bonds is 5. The molecule has 30 heavy (non-hydrogen) atoms. The molecule has 1 heterocycles. The number of carbonyl (C=O) groups is 2. The number of aryl methyl sites for hydroxylation is 1. The third kappa shape index (κ3) is 4.45. The molecule has 0 unspecified atom stereocenters. The highest BCUT2D eigenvalue weighted by Gasteiger charge is 2.26. The molecule has 0 fully saturated rings. The molecular formula is C23H17FN2O3S. The van der Waals surface area contributed by atoms with Crippen LogP contribution in [0.15, 0.2) is 60.2 Å². The van der Waals surface area contributed by atoms with Gasteiger partial charge in [-0.15, -0.1) is 11.3 Å². The number of methoxy groups -OCH3 is 1. The topological polar surface area (TPSA) is 79.2 Å². The fraction of sp³-hybridized carbons (Fsp3) is 0.0870. The zero-order chi connectivity index (χ0) is 21.7. The average molecular weight is 420 g/mol. The first kappa shape index (κ1) is 21.0. The van der Waals surface area contributed by atoms with Gasteiger partial charge in [0, 0.05) is 10.4 Å². The standard InChI is InChI=1S/C23H17FN2O3S/c1-14-19(16-8-10-18(24)11-9-16)20(23(28)29-2)22(30-14)26-21(27)17(13-25)12-15-6-4-3-5-7-15/h3-12H,1-2H3,(H,26,27)/b17-12+. The van der Waals surface area contributed by atoms with Crippen LogP contribution in [0.25, 0.3) is 17.2 Å². The second-order valence-electron chi connectivity index (χ2n) is 6.27. The van der Waals surface area contributed by atoms with E-state index < -0.39 is 17.7 Å².